The molecule has 0 heterocycles. The topological polar surface area (TPSA) is 98.3 Å². The van der Waals surface area contributed by atoms with Gasteiger partial charge in [-0.3, -0.25) is 0 Å². The molecule has 0 spiro atoms. The van der Waals surface area contributed by atoms with Crippen LogP contribution in [0.15, 0.2) is 36.4 Å². The van der Waals surface area contributed by atoms with Crippen LogP contribution in [0.25, 0.3) is 11.1 Å². The van der Waals surface area contributed by atoms with Gasteiger partial charge in [-0.1, -0.05) is 6.07 Å². The molecule has 0 unspecified atom stereocenters. The third-order valence-electron chi connectivity index (χ3n) is 2.33. The summed E-state index contributed by atoms with van der Waals surface area (Å²) in [5, 5.41) is 9.46. The number of anilines is 3. The predicted molar refractivity (Wildman–Crippen MR) is 66.8 cm³/mol. The van der Waals surface area contributed by atoms with Crippen LogP contribution in [0.1, 0.15) is 0 Å². The number of phenols is 1. The van der Waals surface area contributed by atoms with Crippen molar-refractivity contribution in [3.63, 3.8) is 0 Å². The van der Waals surface area contributed by atoms with Gasteiger partial charge in [0.1, 0.15) is 5.75 Å². The zero-order valence-corrected chi connectivity index (χ0v) is 8.64. The molecule has 0 saturated heterocycles. The fourth-order valence-electron chi connectivity index (χ4n) is 1.63. The van der Waals surface area contributed by atoms with E-state index in [4.69, 9.17) is 17.2 Å². The summed E-state index contributed by atoms with van der Waals surface area (Å²) in [6.07, 6.45) is 0. The molecule has 0 saturated carbocycles. The largest absolute Gasteiger partial charge is 0.508 e. The Labute approximate surface area is 93.3 Å². The standard InChI is InChI=1S/C12H13N3O/c13-8-1-2-11(12(15)6-8)7-3-9(14)5-10(16)4-7/h1-6,16H,13-15H2. The molecule has 4 nitrogen and oxygen atoms in total. The van der Waals surface area contributed by atoms with E-state index in [9.17, 15) is 5.11 Å². The van der Waals surface area contributed by atoms with Crippen LogP contribution in [0.3, 0.4) is 0 Å². The number of phenolic OH excluding ortho intramolecular Hbond substituents is 1. The second-order valence-electron chi connectivity index (χ2n) is 3.66. The first-order chi connectivity index (χ1) is 7.56. The van der Waals surface area contributed by atoms with Crippen molar-refractivity contribution in [2.45, 2.75) is 0 Å². The molecule has 16 heavy (non-hydrogen) atoms. The minimum atomic E-state index is 0.117. The van der Waals surface area contributed by atoms with Crippen molar-refractivity contribution >= 4 is 17.1 Å². The summed E-state index contributed by atoms with van der Waals surface area (Å²) in [7, 11) is 0. The fourth-order valence-corrected chi connectivity index (χ4v) is 1.63. The average Bonchev–Trinajstić information content (AvgIpc) is 2.15. The second kappa shape index (κ2) is 3.66. The zero-order chi connectivity index (χ0) is 11.7. The van der Waals surface area contributed by atoms with Gasteiger partial charge in [0, 0.05) is 28.7 Å². The van der Waals surface area contributed by atoms with Crippen LogP contribution < -0.4 is 17.2 Å². The zero-order valence-electron chi connectivity index (χ0n) is 8.64. The van der Waals surface area contributed by atoms with Crippen LogP contribution >= 0.6 is 0 Å². The van der Waals surface area contributed by atoms with Gasteiger partial charge >= 0.3 is 0 Å². The van der Waals surface area contributed by atoms with Gasteiger partial charge in [0.2, 0.25) is 0 Å². The maximum atomic E-state index is 9.46. The molecule has 2 aromatic carbocycles. The Morgan fingerprint density at radius 2 is 1.56 bits per heavy atom. The van der Waals surface area contributed by atoms with Crippen molar-refractivity contribution in [1.29, 1.82) is 0 Å². The highest BCUT2D eigenvalue weighted by Crippen LogP contribution is 2.31. The van der Waals surface area contributed by atoms with Gasteiger partial charge in [0.05, 0.1) is 0 Å². The summed E-state index contributed by atoms with van der Waals surface area (Å²) >= 11 is 0. The van der Waals surface area contributed by atoms with E-state index in [0.29, 0.717) is 17.1 Å². The molecule has 0 aromatic heterocycles. The van der Waals surface area contributed by atoms with E-state index < -0.39 is 0 Å². The van der Waals surface area contributed by atoms with E-state index in [-0.39, 0.29) is 5.75 Å². The smallest absolute Gasteiger partial charge is 0.118 e. The van der Waals surface area contributed by atoms with Crippen LogP contribution in [0, 0.1) is 0 Å². The van der Waals surface area contributed by atoms with Crippen LogP contribution in [0.4, 0.5) is 17.1 Å². The summed E-state index contributed by atoms with van der Waals surface area (Å²) in [5.74, 6) is 0.117. The van der Waals surface area contributed by atoms with Crippen molar-refractivity contribution in [3.8, 4) is 16.9 Å². The maximum Gasteiger partial charge on any atom is 0.118 e. The number of aromatic hydroxyl groups is 1. The number of rotatable bonds is 1. The summed E-state index contributed by atoms with van der Waals surface area (Å²) in [6.45, 7) is 0. The minimum Gasteiger partial charge on any atom is -0.508 e. The van der Waals surface area contributed by atoms with Gasteiger partial charge in [-0.15, -0.1) is 0 Å². The van der Waals surface area contributed by atoms with Crippen LogP contribution in [-0.2, 0) is 0 Å². The predicted octanol–water partition coefficient (Wildman–Crippen LogP) is 1.81. The number of benzene rings is 2. The normalized spacial score (nSPS) is 10.2. The lowest BCUT2D eigenvalue weighted by atomic mass is 10.0. The third-order valence-corrected chi connectivity index (χ3v) is 2.33. The Kier molecular flexibility index (Phi) is 2.32. The first-order valence-corrected chi connectivity index (χ1v) is 4.81. The van der Waals surface area contributed by atoms with Gasteiger partial charge in [-0.2, -0.15) is 0 Å². The molecule has 0 atom stereocenters. The maximum absolute atomic E-state index is 9.46. The molecular weight excluding hydrogens is 202 g/mol. The summed E-state index contributed by atoms with van der Waals surface area (Å²) in [4.78, 5) is 0. The van der Waals surface area contributed by atoms with Crippen molar-refractivity contribution in [3.05, 3.63) is 36.4 Å². The van der Waals surface area contributed by atoms with Crippen LogP contribution in [0.2, 0.25) is 0 Å². The lowest BCUT2D eigenvalue weighted by molar-refractivity contribution is 0.476. The van der Waals surface area contributed by atoms with Crippen LogP contribution in [0.5, 0.6) is 5.75 Å². The lowest BCUT2D eigenvalue weighted by Crippen LogP contribution is -1.94. The van der Waals surface area contributed by atoms with Crippen molar-refractivity contribution < 1.29 is 5.11 Å². The highest BCUT2D eigenvalue weighted by molar-refractivity contribution is 5.81. The molecule has 2 rings (SSSR count). The second-order valence-corrected chi connectivity index (χ2v) is 3.66. The van der Waals surface area contributed by atoms with Gasteiger partial charge in [0.25, 0.3) is 0 Å². The van der Waals surface area contributed by atoms with E-state index >= 15 is 0 Å². The monoisotopic (exact) mass is 215 g/mol. The molecule has 0 bridgehead atoms. The fraction of sp³-hybridized carbons (Fsp3) is 0. The van der Waals surface area contributed by atoms with E-state index in [1.807, 2.05) is 0 Å². The molecule has 0 aliphatic rings. The van der Waals surface area contributed by atoms with Gasteiger partial charge in [-0.25, -0.2) is 0 Å². The van der Waals surface area contributed by atoms with Crippen molar-refractivity contribution in [2.75, 3.05) is 17.2 Å². The Bertz CT molecular complexity index is 518. The van der Waals surface area contributed by atoms with E-state index in [1.54, 1.807) is 30.3 Å². The quantitative estimate of drug-likeness (QED) is 0.545. The summed E-state index contributed by atoms with van der Waals surface area (Å²) in [6, 6.07) is 10.1. The number of hydrogen-bond acceptors (Lipinski definition) is 4. The number of nitrogen functional groups attached to an aromatic ring is 3. The molecule has 0 aliphatic carbocycles. The van der Waals surface area contributed by atoms with Crippen LogP contribution in [-0.4, -0.2) is 5.11 Å². The molecule has 4 heteroatoms. The average molecular weight is 215 g/mol. The molecule has 2 aromatic rings. The molecular formula is C12H13N3O. The molecule has 0 fully saturated rings. The summed E-state index contributed by atoms with van der Waals surface area (Å²) in [5.41, 5.74) is 20.3. The van der Waals surface area contributed by atoms with Gasteiger partial charge in [0.15, 0.2) is 0 Å². The molecule has 82 valence electrons. The Morgan fingerprint density at radius 3 is 2.19 bits per heavy atom. The molecule has 0 aliphatic heterocycles. The van der Waals surface area contributed by atoms with E-state index in [0.717, 1.165) is 11.1 Å². The van der Waals surface area contributed by atoms with Crippen molar-refractivity contribution in [2.24, 2.45) is 0 Å². The number of hydrogen-bond donors (Lipinski definition) is 4. The van der Waals surface area contributed by atoms with E-state index in [2.05, 4.69) is 0 Å². The number of nitrogens with two attached hydrogens (primary N) is 3. The summed E-state index contributed by atoms with van der Waals surface area (Å²) < 4.78 is 0. The first-order valence-electron chi connectivity index (χ1n) is 4.81. The van der Waals surface area contributed by atoms with Crippen molar-refractivity contribution in [1.82, 2.24) is 0 Å². The first kappa shape index (κ1) is 10.2. The van der Waals surface area contributed by atoms with Gasteiger partial charge in [-0.05, 0) is 29.8 Å². The molecule has 0 amide bonds. The lowest BCUT2D eigenvalue weighted by Gasteiger charge is -2.08. The molecule has 7 N–H and O–H groups in total. The Hall–Kier alpha value is -2.36. The highest BCUT2D eigenvalue weighted by Gasteiger charge is 2.05. The Balaban J connectivity index is 2.58. The van der Waals surface area contributed by atoms with E-state index in [1.165, 1.54) is 6.07 Å². The third kappa shape index (κ3) is 1.86. The highest BCUT2D eigenvalue weighted by atomic mass is 16.3. The Morgan fingerprint density at radius 1 is 0.812 bits per heavy atom. The molecule has 0 radical (unpaired) electrons. The minimum absolute atomic E-state index is 0.117. The van der Waals surface area contributed by atoms with Gasteiger partial charge < -0.3 is 22.3 Å². The SMILES string of the molecule is Nc1cc(O)cc(-c2ccc(N)cc2N)c1.